The van der Waals surface area contributed by atoms with Crippen molar-refractivity contribution < 1.29 is 51.4 Å². The number of likely N-dealkylation sites (tertiary alicyclic amines) is 1. The van der Waals surface area contributed by atoms with E-state index in [4.69, 9.17) is 14.2 Å². The molecule has 10 nitrogen and oxygen atoms in total. The van der Waals surface area contributed by atoms with Crippen LogP contribution in [0.1, 0.15) is 71.8 Å². The largest absolute Gasteiger partial charge is 0.490 e. The molecule has 1 heterocycles. The summed E-state index contributed by atoms with van der Waals surface area (Å²) < 4.78 is 57.3. The van der Waals surface area contributed by atoms with Crippen molar-refractivity contribution in [2.45, 2.75) is 91.2 Å². The first-order valence-corrected chi connectivity index (χ1v) is 16.9. The number of imide groups is 1. The third-order valence-corrected chi connectivity index (χ3v) is 12.2. The topological polar surface area (TPSA) is 128 Å². The number of esters is 1. The summed E-state index contributed by atoms with van der Waals surface area (Å²) in [5, 5.41) is 2.29. The molecule has 1 aliphatic heterocycles. The molecular formula is C36H45F3N2O8. The normalized spacial score (nSPS) is 35.7. The zero-order valence-corrected chi connectivity index (χ0v) is 28.3. The average Bonchev–Trinajstić information content (AvgIpc) is 3.69. The second-order valence-electron chi connectivity index (χ2n) is 14.8. The predicted molar refractivity (Wildman–Crippen MR) is 169 cm³/mol. The second kappa shape index (κ2) is 13.4. The third-order valence-electron chi connectivity index (χ3n) is 12.2. The van der Waals surface area contributed by atoms with Crippen molar-refractivity contribution in [1.82, 2.24) is 10.2 Å². The van der Waals surface area contributed by atoms with Crippen LogP contribution in [-0.4, -0.2) is 66.2 Å². The highest BCUT2D eigenvalue weighted by atomic mass is 19.4. The van der Waals surface area contributed by atoms with Gasteiger partial charge >= 0.3 is 24.3 Å². The van der Waals surface area contributed by atoms with Crippen molar-refractivity contribution in [3.05, 3.63) is 48.6 Å². The molecule has 1 N–H and O–H groups in total. The van der Waals surface area contributed by atoms with Crippen molar-refractivity contribution in [3.63, 3.8) is 0 Å². The first-order chi connectivity index (χ1) is 23.0. The van der Waals surface area contributed by atoms with Crippen LogP contribution in [0.5, 0.6) is 0 Å². The molecule has 13 heteroatoms. The fourth-order valence-electron chi connectivity index (χ4n) is 9.21. The maximum absolute atomic E-state index is 13.7. The molecule has 9 atom stereocenters. The summed E-state index contributed by atoms with van der Waals surface area (Å²) in [7, 11) is 0. The number of halogens is 3. The minimum absolute atomic E-state index is 0.0304. The van der Waals surface area contributed by atoms with Gasteiger partial charge in [-0.1, -0.05) is 64.1 Å². The van der Waals surface area contributed by atoms with Gasteiger partial charge in [-0.2, -0.15) is 13.2 Å². The van der Waals surface area contributed by atoms with Crippen LogP contribution in [0.15, 0.2) is 43.0 Å². The summed E-state index contributed by atoms with van der Waals surface area (Å²) in [6.45, 7) is 11.5. The molecule has 49 heavy (non-hydrogen) atoms. The number of alkyl halides is 3. The highest BCUT2D eigenvalue weighted by Crippen LogP contribution is 2.68. The van der Waals surface area contributed by atoms with Gasteiger partial charge in [0.25, 0.3) is 0 Å². The number of alkyl carbamates (subject to hydrolysis) is 1. The smallest absolute Gasteiger partial charge is 0.454 e. The molecule has 4 fully saturated rings. The maximum Gasteiger partial charge on any atom is 0.490 e. The fraction of sp³-hybridized carbons (Fsp3) is 0.639. The lowest BCUT2D eigenvalue weighted by Gasteiger charge is -2.62. The highest BCUT2D eigenvalue weighted by molar-refractivity contribution is 5.94. The minimum atomic E-state index is -5.24. The van der Waals surface area contributed by atoms with Crippen LogP contribution in [0.25, 0.3) is 0 Å². The number of rotatable bonds is 6. The number of nitrogens with zero attached hydrogens (tertiary/aromatic N) is 1. The molecule has 2 bridgehead atoms. The molecular weight excluding hydrogens is 645 g/mol. The number of hydrogen-bond acceptors (Lipinski definition) is 8. The van der Waals surface area contributed by atoms with Crippen LogP contribution >= 0.6 is 0 Å². The summed E-state index contributed by atoms with van der Waals surface area (Å²) >= 11 is 0. The zero-order chi connectivity index (χ0) is 35.9. The van der Waals surface area contributed by atoms with Gasteiger partial charge in [0.2, 0.25) is 5.91 Å². The van der Waals surface area contributed by atoms with Gasteiger partial charge in [0.1, 0.15) is 24.6 Å². The van der Waals surface area contributed by atoms with Crippen LogP contribution in [0.3, 0.4) is 0 Å². The number of Topliss-reactive ketones (excluding diaryl/α,β-unsaturated/α-hetero) is 1. The Morgan fingerprint density at radius 1 is 1.06 bits per heavy atom. The molecule has 1 aromatic carbocycles. The standard InChI is InChI=1S/C36H45F3N2O8/c1-6-33(4)18-26(48-31(45)40-29(43)24-14-17-41(19-24)32(46)47-20-23-10-8-7-9-11-23)34(5)21(2)12-15-35(16-13-25(42)27(34)35)22(3)28(33)49-30(44)36(37,38)39/h6-11,21-22,24,26-28H,1,12-20H2,2-5H3,(H,40,43,45)/t21?,22?,24?,26?,27?,28-,33+,34?,35?/m1/s1. The molecule has 3 aliphatic carbocycles. The van der Waals surface area contributed by atoms with Gasteiger partial charge in [0, 0.05) is 42.2 Å². The summed E-state index contributed by atoms with van der Waals surface area (Å²) in [5.41, 5.74) is -2.25. The molecule has 268 valence electrons. The zero-order valence-electron chi connectivity index (χ0n) is 28.3. The number of ketones is 1. The number of benzene rings is 1. The molecule has 0 radical (unpaired) electrons. The van der Waals surface area contributed by atoms with E-state index in [0.717, 1.165) is 5.56 Å². The minimum Gasteiger partial charge on any atom is -0.454 e. The molecule has 0 spiro atoms. The van der Waals surface area contributed by atoms with E-state index in [0.29, 0.717) is 19.3 Å². The molecule has 3 saturated carbocycles. The average molecular weight is 691 g/mol. The molecule has 0 aromatic heterocycles. The quantitative estimate of drug-likeness (QED) is 0.207. The lowest BCUT2D eigenvalue weighted by atomic mass is 9.44. The van der Waals surface area contributed by atoms with Gasteiger partial charge in [-0.25, -0.2) is 14.4 Å². The van der Waals surface area contributed by atoms with E-state index in [2.05, 4.69) is 11.9 Å². The van der Waals surface area contributed by atoms with Gasteiger partial charge in [0.05, 0.1) is 5.92 Å². The molecule has 1 saturated heterocycles. The van der Waals surface area contributed by atoms with Crippen molar-refractivity contribution in [2.24, 2.45) is 39.9 Å². The lowest BCUT2D eigenvalue weighted by Crippen LogP contribution is -2.64. The van der Waals surface area contributed by atoms with Crippen molar-refractivity contribution in [1.29, 1.82) is 0 Å². The van der Waals surface area contributed by atoms with Gasteiger partial charge in [0.15, 0.2) is 0 Å². The van der Waals surface area contributed by atoms with Crippen LogP contribution in [-0.2, 0) is 35.2 Å². The van der Waals surface area contributed by atoms with Gasteiger partial charge < -0.3 is 19.1 Å². The van der Waals surface area contributed by atoms with Crippen molar-refractivity contribution in [2.75, 3.05) is 13.1 Å². The number of hydrogen-bond donors (Lipinski definition) is 1. The fourth-order valence-corrected chi connectivity index (χ4v) is 9.21. The summed E-state index contributed by atoms with van der Waals surface area (Å²) in [6, 6.07) is 9.14. The van der Waals surface area contributed by atoms with E-state index in [1.165, 1.54) is 11.0 Å². The number of ether oxygens (including phenoxy) is 3. The summed E-state index contributed by atoms with van der Waals surface area (Å²) in [6.07, 6.45) is -5.94. The Hall–Kier alpha value is -3.90. The van der Waals surface area contributed by atoms with Crippen molar-refractivity contribution in [3.8, 4) is 0 Å². The van der Waals surface area contributed by atoms with E-state index in [9.17, 15) is 37.1 Å². The number of amides is 3. The van der Waals surface area contributed by atoms with Crippen LogP contribution in [0, 0.1) is 39.9 Å². The SMILES string of the molecule is C=C[C@@]1(C)CC(OC(=O)NC(=O)C2CCN(C(=O)OCc3ccccc3)C2)C2(C)C(C)CCC3(CCC(=O)C32)C(C)[C@H]1OC(=O)C(F)(F)F. The Balaban J connectivity index is 1.35. The molecule has 1 aromatic rings. The highest BCUT2D eigenvalue weighted by Gasteiger charge is 2.69. The van der Waals surface area contributed by atoms with E-state index in [1.807, 2.05) is 44.2 Å². The first-order valence-electron chi connectivity index (χ1n) is 16.9. The first kappa shape index (κ1) is 36.4. The Bertz CT molecular complexity index is 1490. The number of carbonyl (C=O) groups is 5. The van der Waals surface area contributed by atoms with Crippen LogP contribution < -0.4 is 5.32 Å². The molecule has 7 unspecified atom stereocenters. The Morgan fingerprint density at radius 3 is 2.41 bits per heavy atom. The Labute approximate surface area is 284 Å². The van der Waals surface area contributed by atoms with Gasteiger partial charge in [-0.05, 0) is 49.0 Å². The second-order valence-corrected chi connectivity index (χ2v) is 14.8. The predicted octanol–water partition coefficient (Wildman–Crippen LogP) is 6.37. The lowest BCUT2D eigenvalue weighted by molar-refractivity contribution is -0.229. The van der Waals surface area contributed by atoms with E-state index in [-0.39, 0.29) is 50.7 Å². The number of nitrogens with one attached hydrogen (secondary N) is 1. The summed E-state index contributed by atoms with van der Waals surface area (Å²) in [5.74, 6) is -5.24. The molecule has 3 amide bonds. The summed E-state index contributed by atoms with van der Waals surface area (Å²) in [4.78, 5) is 66.7. The van der Waals surface area contributed by atoms with Crippen LogP contribution in [0.2, 0.25) is 0 Å². The van der Waals surface area contributed by atoms with E-state index in [1.54, 1.807) is 13.8 Å². The van der Waals surface area contributed by atoms with Gasteiger partial charge in [-0.15, -0.1) is 6.58 Å². The van der Waals surface area contributed by atoms with Crippen molar-refractivity contribution >= 4 is 29.8 Å². The Kier molecular flexibility index (Phi) is 9.97. The Morgan fingerprint density at radius 2 is 1.76 bits per heavy atom. The molecule has 4 aliphatic rings. The monoisotopic (exact) mass is 690 g/mol. The maximum atomic E-state index is 13.7. The molecule has 5 rings (SSSR count). The van der Waals surface area contributed by atoms with Crippen LogP contribution in [0.4, 0.5) is 22.8 Å². The third kappa shape index (κ3) is 6.69. The van der Waals surface area contributed by atoms with Gasteiger partial charge in [-0.3, -0.25) is 14.9 Å². The van der Waals surface area contributed by atoms with E-state index >= 15 is 0 Å². The number of carbonyl (C=O) groups excluding carboxylic acids is 5. The van der Waals surface area contributed by atoms with E-state index < -0.39 is 76.4 Å².